The van der Waals surface area contributed by atoms with E-state index in [1.807, 2.05) is 0 Å². The summed E-state index contributed by atoms with van der Waals surface area (Å²) < 4.78 is 10.0. The minimum absolute atomic E-state index is 0.104. The molecule has 6 heteroatoms. The fourth-order valence-corrected chi connectivity index (χ4v) is 2.09. The zero-order chi connectivity index (χ0) is 14.3. The lowest BCUT2D eigenvalue weighted by Crippen LogP contribution is -2.48. The highest BCUT2D eigenvalue weighted by Gasteiger charge is 2.43. The highest BCUT2D eigenvalue weighted by molar-refractivity contribution is 5.88. The zero-order valence-corrected chi connectivity index (χ0v) is 11.5. The molecule has 0 atom stereocenters. The molecule has 106 valence electrons. The second kappa shape index (κ2) is 7.10. The molecule has 1 aliphatic heterocycles. The van der Waals surface area contributed by atoms with Crippen molar-refractivity contribution in [3.8, 4) is 6.07 Å². The third-order valence-corrected chi connectivity index (χ3v) is 3.26. The molecule has 1 rings (SSSR count). The molecule has 0 saturated carbocycles. The fourth-order valence-electron chi connectivity index (χ4n) is 2.09. The number of esters is 1. The smallest absolute Gasteiger partial charge is 0.325 e. The van der Waals surface area contributed by atoms with E-state index in [4.69, 9.17) is 9.47 Å². The van der Waals surface area contributed by atoms with E-state index in [0.29, 0.717) is 32.6 Å². The lowest BCUT2D eigenvalue weighted by molar-refractivity contribution is -0.153. The maximum Gasteiger partial charge on any atom is 0.325 e. The molecule has 6 nitrogen and oxygen atoms in total. The van der Waals surface area contributed by atoms with Gasteiger partial charge in [-0.2, -0.15) is 5.26 Å². The number of carbonyl (C=O) groups excluding carboxylic acids is 2. The molecule has 19 heavy (non-hydrogen) atoms. The fraction of sp³-hybridized carbons (Fsp3) is 0.769. The van der Waals surface area contributed by atoms with Crippen LogP contribution in [-0.2, 0) is 19.1 Å². The number of hydrogen-bond donors (Lipinski definition) is 0. The molecular formula is C13H20N2O4. The van der Waals surface area contributed by atoms with E-state index in [-0.39, 0.29) is 19.1 Å². The molecule has 0 aliphatic carbocycles. The summed E-state index contributed by atoms with van der Waals surface area (Å²) >= 11 is 0. The first kappa shape index (κ1) is 15.4. The van der Waals surface area contributed by atoms with Gasteiger partial charge in [0.2, 0.25) is 5.91 Å². The van der Waals surface area contributed by atoms with Gasteiger partial charge in [0, 0.05) is 19.8 Å². The van der Waals surface area contributed by atoms with Gasteiger partial charge < -0.3 is 14.4 Å². The van der Waals surface area contributed by atoms with Crippen LogP contribution >= 0.6 is 0 Å². The van der Waals surface area contributed by atoms with Gasteiger partial charge in [-0.05, 0) is 26.7 Å². The normalized spacial score (nSPS) is 17.3. The van der Waals surface area contributed by atoms with E-state index in [1.165, 1.54) is 4.90 Å². The van der Waals surface area contributed by atoms with Crippen LogP contribution < -0.4 is 0 Å². The highest BCUT2D eigenvalue weighted by Crippen LogP contribution is 2.31. The van der Waals surface area contributed by atoms with Gasteiger partial charge in [0.05, 0.1) is 12.7 Å². The van der Waals surface area contributed by atoms with Gasteiger partial charge in [0.25, 0.3) is 0 Å². The zero-order valence-electron chi connectivity index (χ0n) is 11.5. The van der Waals surface area contributed by atoms with Gasteiger partial charge in [-0.3, -0.25) is 9.59 Å². The number of hydrogen-bond acceptors (Lipinski definition) is 5. The second-order valence-electron chi connectivity index (χ2n) is 4.43. The summed E-state index contributed by atoms with van der Waals surface area (Å²) in [7, 11) is 0. The molecule has 0 N–H and O–H groups in total. The molecule has 0 bridgehead atoms. The van der Waals surface area contributed by atoms with Crippen LogP contribution in [0.25, 0.3) is 0 Å². The van der Waals surface area contributed by atoms with Crippen LogP contribution in [0.5, 0.6) is 0 Å². The number of ether oxygens (including phenoxy) is 2. The largest absolute Gasteiger partial charge is 0.465 e. The SMILES string of the molecule is CCOC(=O)CN(CC)C(=O)C1(C#N)CCOCC1. The van der Waals surface area contributed by atoms with E-state index in [2.05, 4.69) is 6.07 Å². The Morgan fingerprint density at radius 3 is 2.47 bits per heavy atom. The van der Waals surface area contributed by atoms with E-state index >= 15 is 0 Å². The Labute approximate surface area is 113 Å². The van der Waals surface area contributed by atoms with E-state index in [1.54, 1.807) is 13.8 Å². The molecule has 0 unspecified atom stereocenters. The van der Waals surface area contributed by atoms with Crippen molar-refractivity contribution in [1.82, 2.24) is 4.90 Å². The van der Waals surface area contributed by atoms with Crippen molar-refractivity contribution in [2.45, 2.75) is 26.7 Å². The number of likely N-dealkylation sites (N-methyl/N-ethyl adjacent to an activating group) is 1. The van der Waals surface area contributed by atoms with E-state index < -0.39 is 11.4 Å². The number of carbonyl (C=O) groups is 2. The summed E-state index contributed by atoms with van der Waals surface area (Å²) in [5.41, 5.74) is -1.05. The average Bonchev–Trinajstić information content (AvgIpc) is 2.45. The Morgan fingerprint density at radius 2 is 2.00 bits per heavy atom. The maximum absolute atomic E-state index is 12.5. The van der Waals surface area contributed by atoms with Crippen molar-refractivity contribution < 1.29 is 19.1 Å². The molecule has 0 radical (unpaired) electrons. The third-order valence-electron chi connectivity index (χ3n) is 3.26. The van der Waals surface area contributed by atoms with Crippen LogP contribution in [0.1, 0.15) is 26.7 Å². The Bertz CT molecular complexity index is 369. The van der Waals surface area contributed by atoms with Crippen LogP contribution in [0, 0.1) is 16.7 Å². The molecule has 0 spiro atoms. The average molecular weight is 268 g/mol. The topological polar surface area (TPSA) is 79.6 Å². The van der Waals surface area contributed by atoms with Crippen molar-refractivity contribution in [3.05, 3.63) is 0 Å². The molecule has 1 aliphatic rings. The first-order valence-corrected chi connectivity index (χ1v) is 6.53. The van der Waals surface area contributed by atoms with Gasteiger partial charge in [0.1, 0.15) is 12.0 Å². The predicted molar refractivity (Wildman–Crippen MR) is 67.0 cm³/mol. The molecule has 1 fully saturated rings. The minimum Gasteiger partial charge on any atom is -0.465 e. The number of nitriles is 1. The quantitative estimate of drug-likeness (QED) is 0.686. The summed E-state index contributed by atoms with van der Waals surface area (Å²) in [5, 5.41) is 9.32. The van der Waals surface area contributed by atoms with Crippen LogP contribution in [0.2, 0.25) is 0 Å². The summed E-state index contributed by atoms with van der Waals surface area (Å²) in [6.45, 7) is 4.84. The van der Waals surface area contributed by atoms with Crippen LogP contribution in [0.15, 0.2) is 0 Å². The van der Waals surface area contributed by atoms with Crippen molar-refractivity contribution in [2.75, 3.05) is 32.9 Å². The molecular weight excluding hydrogens is 248 g/mol. The van der Waals surface area contributed by atoms with Crippen LogP contribution in [0.3, 0.4) is 0 Å². The monoisotopic (exact) mass is 268 g/mol. The Morgan fingerprint density at radius 1 is 1.37 bits per heavy atom. The van der Waals surface area contributed by atoms with Gasteiger partial charge >= 0.3 is 5.97 Å². The summed E-state index contributed by atoms with van der Waals surface area (Å²) in [6, 6.07) is 2.11. The maximum atomic E-state index is 12.5. The molecule has 1 heterocycles. The number of nitrogens with zero attached hydrogens (tertiary/aromatic N) is 2. The molecule has 0 aromatic carbocycles. The van der Waals surface area contributed by atoms with Gasteiger partial charge in [-0.1, -0.05) is 0 Å². The molecule has 1 saturated heterocycles. The summed E-state index contributed by atoms with van der Waals surface area (Å²) in [6.07, 6.45) is 0.753. The van der Waals surface area contributed by atoms with Gasteiger partial charge in [-0.15, -0.1) is 0 Å². The molecule has 0 aromatic rings. The van der Waals surface area contributed by atoms with Gasteiger partial charge in [-0.25, -0.2) is 0 Å². The van der Waals surface area contributed by atoms with Crippen LogP contribution in [0.4, 0.5) is 0 Å². The number of rotatable bonds is 5. The standard InChI is InChI=1S/C13H20N2O4/c1-3-15(9-11(16)19-4-2)12(17)13(10-14)5-7-18-8-6-13/h3-9H2,1-2H3. The van der Waals surface area contributed by atoms with Crippen molar-refractivity contribution in [1.29, 1.82) is 5.26 Å². The first-order chi connectivity index (χ1) is 9.09. The third kappa shape index (κ3) is 3.67. The van der Waals surface area contributed by atoms with Crippen LogP contribution in [-0.4, -0.2) is 49.7 Å². The predicted octanol–water partition coefficient (Wildman–Crippen LogP) is 0.718. The van der Waals surface area contributed by atoms with Crippen molar-refractivity contribution in [3.63, 3.8) is 0 Å². The van der Waals surface area contributed by atoms with Crippen molar-refractivity contribution >= 4 is 11.9 Å². The summed E-state index contributed by atoms with van der Waals surface area (Å²) in [4.78, 5) is 25.3. The Hall–Kier alpha value is -1.61. The van der Waals surface area contributed by atoms with Gasteiger partial charge in [0.15, 0.2) is 0 Å². The summed E-state index contributed by atoms with van der Waals surface area (Å²) in [5.74, 6) is -0.744. The van der Waals surface area contributed by atoms with Crippen molar-refractivity contribution in [2.24, 2.45) is 5.41 Å². The minimum atomic E-state index is -1.05. The Kier molecular flexibility index (Phi) is 5.77. The van der Waals surface area contributed by atoms with E-state index in [0.717, 1.165) is 0 Å². The lowest BCUT2D eigenvalue weighted by Gasteiger charge is -2.33. The molecule has 0 aromatic heterocycles. The number of amides is 1. The second-order valence-corrected chi connectivity index (χ2v) is 4.43. The highest BCUT2D eigenvalue weighted by atomic mass is 16.5. The van der Waals surface area contributed by atoms with E-state index in [9.17, 15) is 14.9 Å². The Balaban J connectivity index is 2.76. The lowest BCUT2D eigenvalue weighted by atomic mass is 9.80. The first-order valence-electron chi connectivity index (χ1n) is 6.53. The molecule has 1 amide bonds.